The first kappa shape index (κ1) is 26.2. The molecule has 2 N–H and O–H groups in total. The molecule has 0 bridgehead atoms. The Balaban J connectivity index is 0. The van der Waals surface area contributed by atoms with Crippen molar-refractivity contribution in [3.8, 4) is 0 Å². The summed E-state index contributed by atoms with van der Waals surface area (Å²) in [5.74, 6) is -1.05. The van der Waals surface area contributed by atoms with E-state index in [1.165, 1.54) is 13.8 Å². The fraction of sp³-hybridized carbons (Fsp3) is 0.421. The molecule has 1 aromatic rings. The van der Waals surface area contributed by atoms with E-state index < -0.39 is 5.97 Å². The second kappa shape index (κ2) is 16.4. The summed E-state index contributed by atoms with van der Waals surface area (Å²) < 4.78 is 8.71. The maximum absolute atomic E-state index is 11.4. The number of ketones is 1. The van der Waals surface area contributed by atoms with Gasteiger partial charge in [-0.2, -0.15) is 0 Å². The molecular formula is C19H28N2O6. The Morgan fingerprint density at radius 2 is 1.67 bits per heavy atom. The van der Waals surface area contributed by atoms with E-state index in [1.807, 2.05) is 19.1 Å². The summed E-state index contributed by atoms with van der Waals surface area (Å²) in [6.45, 7) is 9.14. The van der Waals surface area contributed by atoms with Gasteiger partial charge in [0.2, 0.25) is 0 Å². The highest BCUT2D eigenvalue weighted by Gasteiger charge is 2.04. The van der Waals surface area contributed by atoms with Crippen LogP contribution in [0.25, 0.3) is 0 Å². The second-order valence-corrected chi connectivity index (χ2v) is 5.08. The average molecular weight is 380 g/mol. The van der Waals surface area contributed by atoms with Crippen molar-refractivity contribution in [1.82, 2.24) is 5.32 Å². The van der Waals surface area contributed by atoms with Crippen molar-refractivity contribution in [2.75, 3.05) is 19.8 Å². The van der Waals surface area contributed by atoms with E-state index in [1.54, 1.807) is 26.0 Å². The molecule has 0 unspecified atom stereocenters. The van der Waals surface area contributed by atoms with Crippen LogP contribution in [0.4, 0.5) is 0 Å². The van der Waals surface area contributed by atoms with Gasteiger partial charge in [0.05, 0.1) is 19.8 Å². The van der Waals surface area contributed by atoms with Gasteiger partial charge in [-0.1, -0.05) is 17.7 Å². The Bertz CT molecular complexity index is 628. The lowest BCUT2D eigenvalue weighted by Gasteiger charge is -2.03. The highest BCUT2D eigenvalue weighted by atomic mass is 16.5. The van der Waals surface area contributed by atoms with Crippen molar-refractivity contribution in [3.63, 3.8) is 0 Å². The quantitative estimate of drug-likeness (QED) is 0.575. The molecule has 1 amide bonds. The van der Waals surface area contributed by atoms with Gasteiger partial charge in [0.25, 0.3) is 5.91 Å². The number of amides is 1. The zero-order valence-electron chi connectivity index (χ0n) is 16.5. The first-order chi connectivity index (χ1) is 12.7. The van der Waals surface area contributed by atoms with E-state index in [0.29, 0.717) is 25.0 Å². The summed E-state index contributed by atoms with van der Waals surface area (Å²) in [6, 6.07) is 7.25. The van der Waals surface area contributed by atoms with Crippen LogP contribution in [0.3, 0.4) is 0 Å². The molecule has 0 aliphatic rings. The Labute approximate surface area is 159 Å². The third-order valence-electron chi connectivity index (χ3n) is 2.53. The average Bonchev–Trinajstić information content (AvgIpc) is 2.60. The van der Waals surface area contributed by atoms with E-state index in [2.05, 4.69) is 14.8 Å². The van der Waals surface area contributed by atoms with Gasteiger partial charge >= 0.3 is 11.9 Å². The molecule has 27 heavy (non-hydrogen) atoms. The van der Waals surface area contributed by atoms with Crippen molar-refractivity contribution >= 4 is 29.8 Å². The molecule has 150 valence electrons. The zero-order chi connectivity index (χ0) is 21.2. The number of carbonyl (C=O) groups excluding carboxylic acids is 4. The minimum Gasteiger partial charge on any atom is -0.466 e. The molecule has 0 aromatic heterocycles. The first-order valence-corrected chi connectivity index (χ1v) is 8.32. The molecule has 0 saturated carbocycles. The van der Waals surface area contributed by atoms with Gasteiger partial charge in [-0.05, 0) is 39.8 Å². The second-order valence-electron chi connectivity index (χ2n) is 5.08. The van der Waals surface area contributed by atoms with E-state index >= 15 is 0 Å². The fourth-order valence-electron chi connectivity index (χ4n) is 1.48. The molecule has 0 atom stereocenters. The summed E-state index contributed by atoms with van der Waals surface area (Å²) in [5, 5.41) is 8.85. The van der Waals surface area contributed by atoms with Crippen LogP contribution in [0.15, 0.2) is 24.3 Å². The van der Waals surface area contributed by atoms with Gasteiger partial charge in [-0.3, -0.25) is 14.4 Å². The molecule has 1 rings (SSSR count). The Kier molecular flexibility index (Phi) is 16.0. The summed E-state index contributed by atoms with van der Waals surface area (Å²) in [5.41, 5.74) is 1.62. The number of benzene rings is 1. The number of hydrogen-bond donors (Lipinski definition) is 2. The van der Waals surface area contributed by atoms with Crippen LogP contribution >= 0.6 is 0 Å². The monoisotopic (exact) mass is 380 g/mol. The Morgan fingerprint density at radius 1 is 1.07 bits per heavy atom. The van der Waals surface area contributed by atoms with E-state index in [4.69, 9.17) is 5.41 Å². The smallest absolute Gasteiger partial charge is 0.348 e. The van der Waals surface area contributed by atoms with Crippen LogP contribution in [0.5, 0.6) is 0 Å². The minimum atomic E-state index is -0.581. The topological polar surface area (TPSA) is 123 Å². The Morgan fingerprint density at radius 3 is 2.00 bits per heavy atom. The number of carbonyl (C=O) groups is 4. The molecule has 0 heterocycles. The molecule has 8 nitrogen and oxygen atoms in total. The number of hydrogen-bond acceptors (Lipinski definition) is 7. The number of rotatable bonds is 6. The molecule has 0 radical (unpaired) electrons. The van der Waals surface area contributed by atoms with Crippen molar-refractivity contribution in [2.45, 2.75) is 34.6 Å². The van der Waals surface area contributed by atoms with Crippen LogP contribution in [-0.4, -0.2) is 49.6 Å². The third-order valence-corrected chi connectivity index (χ3v) is 2.53. The summed E-state index contributed by atoms with van der Waals surface area (Å²) in [7, 11) is 0. The molecule has 0 aliphatic carbocycles. The van der Waals surface area contributed by atoms with Gasteiger partial charge in [0.15, 0.2) is 0 Å². The molecule has 8 heteroatoms. The highest BCUT2D eigenvalue weighted by Crippen LogP contribution is 2.03. The SMILES string of the molecule is CC(=O)CNC(=O)c1cccc(C)c1.CCOC(=O)C=N.CCOC(C)=O. The van der Waals surface area contributed by atoms with Crippen LogP contribution in [-0.2, 0) is 23.9 Å². The standard InChI is InChI=1S/C11H13NO2.C4H7NO2.C4H8O2/c1-8-4-3-5-10(6-8)11(14)12-7-9(2)13;1-2-7-4(6)3-5;1-3-6-4(2)5/h3-6H,7H2,1-2H3,(H,12,14);3,5H,2H2,1H3;3H2,1-2H3. The molecule has 0 saturated heterocycles. The number of aryl methyl sites for hydroxylation is 1. The predicted molar refractivity (Wildman–Crippen MR) is 102 cm³/mol. The molecule has 0 aliphatic heterocycles. The summed E-state index contributed by atoms with van der Waals surface area (Å²) >= 11 is 0. The summed E-state index contributed by atoms with van der Waals surface area (Å²) in [6.07, 6.45) is 0.642. The third kappa shape index (κ3) is 17.6. The van der Waals surface area contributed by atoms with Crippen LogP contribution in [0.1, 0.15) is 43.6 Å². The number of ether oxygens (including phenoxy) is 2. The largest absolute Gasteiger partial charge is 0.466 e. The number of nitrogens with one attached hydrogen (secondary N) is 2. The predicted octanol–water partition coefficient (Wildman–Crippen LogP) is 2.08. The maximum atomic E-state index is 11.4. The summed E-state index contributed by atoms with van der Waals surface area (Å²) in [4.78, 5) is 41.8. The van der Waals surface area contributed by atoms with E-state index in [9.17, 15) is 19.2 Å². The first-order valence-electron chi connectivity index (χ1n) is 8.32. The van der Waals surface area contributed by atoms with E-state index in [-0.39, 0.29) is 24.2 Å². The number of esters is 2. The van der Waals surface area contributed by atoms with Crippen LogP contribution in [0.2, 0.25) is 0 Å². The Hall–Kier alpha value is -3.03. The van der Waals surface area contributed by atoms with Crippen molar-refractivity contribution < 1.29 is 28.7 Å². The zero-order valence-corrected chi connectivity index (χ0v) is 16.5. The molecule has 0 fully saturated rings. The molecule has 0 spiro atoms. The van der Waals surface area contributed by atoms with Gasteiger partial charge in [-0.15, -0.1) is 0 Å². The normalized spacial score (nSPS) is 8.63. The molecular weight excluding hydrogens is 352 g/mol. The lowest BCUT2D eigenvalue weighted by Crippen LogP contribution is -2.28. The van der Waals surface area contributed by atoms with Crippen molar-refractivity contribution in [1.29, 1.82) is 5.41 Å². The van der Waals surface area contributed by atoms with Crippen molar-refractivity contribution in [3.05, 3.63) is 35.4 Å². The van der Waals surface area contributed by atoms with Crippen molar-refractivity contribution in [2.24, 2.45) is 0 Å². The lowest BCUT2D eigenvalue weighted by molar-refractivity contribution is -0.140. The lowest BCUT2D eigenvalue weighted by atomic mass is 10.1. The maximum Gasteiger partial charge on any atom is 0.348 e. The van der Waals surface area contributed by atoms with E-state index in [0.717, 1.165) is 5.56 Å². The highest BCUT2D eigenvalue weighted by molar-refractivity contribution is 6.21. The van der Waals surface area contributed by atoms with Crippen LogP contribution < -0.4 is 5.32 Å². The van der Waals surface area contributed by atoms with Gasteiger partial charge in [-0.25, -0.2) is 4.79 Å². The number of Topliss-reactive ketones (excluding diaryl/α,β-unsaturated/α-hetero) is 1. The van der Waals surface area contributed by atoms with Gasteiger partial charge in [0, 0.05) is 12.5 Å². The van der Waals surface area contributed by atoms with Gasteiger partial charge < -0.3 is 20.2 Å². The fourth-order valence-corrected chi connectivity index (χ4v) is 1.48. The van der Waals surface area contributed by atoms with Crippen LogP contribution in [0, 0.1) is 12.3 Å². The molecule has 1 aromatic carbocycles. The minimum absolute atomic E-state index is 0.0500. The van der Waals surface area contributed by atoms with Gasteiger partial charge in [0.1, 0.15) is 12.0 Å².